The molecule has 2 bridgehead atoms. The minimum Gasteiger partial charge on any atom is -0.370 e. The van der Waals surface area contributed by atoms with Crippen LogP contribution in [0.15, 0.2) is 0 Å². The molecule has 3 unspecified atom stereocenters. The van der Waals surface area contributed by atoms with Crippen molar-refractivity contribution in [1.82, 2.24) is 0 Å². The number of hydrogen-bond donors (Lipinski definition) is 0. The van der Waals surface area contributed by atoms with E-state index in [4.69, 9.17) is 14.2 Å². The summed E-state index contributed by atoms with van der Waals surface area (Å²) in [5, 5.41) is 0. The predicted molar refractivity (Wildman–Crippen MR) is 104 cm³/mol. The van der Waals surface area contributed by atoms with Gasteiger partial charge in [-0.1, -0.05) is 103 Å². The Morgan fingerprint density at radius 2 is 1.08 bits per heavy atom. The van der Waals surface area contributed by atoms with Gasteiger partial charge in [0.15, 0.2) is 6.29 Å². The lowest BCUT2D eigenvalue weighted by Crippen LogP contribution is -2.37. The van der Waals surface area contributed by atoms with Gasteiger partial charge in [0, 0.05) is 0 Å². The van der Waals surface area contributed by atoms with Crippen LogP contribution in [0.1, 0.15) is 110 Å². The molecule has 148 valence electrons. The molecule has 3 heteroatoms. The van der Waals surface area contributed by atoms with Gasteiger partial charge in [0.1, 0.15) is 12.2 Å². The first-order chi connectivity index (χ1) is 12.4. The van der Waals surface area contributed by atoms with Crippen LogP contribution >= 0.6 is 0 Å². The van der Waals surface area contributed by atoms with Gasteiger partial charge in [-0.2, -0.15) is 0 Å². The van der Waals surface area contributed by atoms with Crippen LogP contribution in [0.4, 0.5) is 0 Å². The highest BCUT2D eigenvalue weighted by molar-refractivity contribution is 4.77. The van der Waals surface area contributed by atoms with E-state index in [-0.39, 0.29) is 18.5 Å². The highest BCUT2D eigenvalue weighted by Crippen LogP contribution is 2.26. The fourth-order valence-electron chi connectivity index (χ4n) is 4.00. The smallest absolute Gasteiger partial charge is 0.184 e. The standard InChI is InChI=1S/C22H42O3/c1-2-3-4-5-6-7-8-9-10-11-12-13-14-15-16-17-21-22-24-19-20(25-22)18-23-21/h20-22H,2-19H2,1H3. The van der Waals surface area contributed by atoms with Gasteiger partial charge in [0.25, 0.3) is 0 Å². The maximum atomic E-state index is 5.83. The van der Waals surface area contributed by atoms with Gasteiger partial charge in [0.05, 0.1) is 13.2 Å². The number of fused-ring (bicyclic) bond motifs is 2. The zero-order chi connectivity index (χ0) is 17.6. The third-order valence-corrected chi connectivity index (χ3v) is 5.66. The normalized spacial score (nSPS) is 25.6. The average Bonchev–Trinajstić information content (AvgIpc) is 3.02. The Kier molecular flexibility index (Phi) is 11.9. The highest BCUT2D eigenvalue weighted by atomic mass is 16.8. The van der Waals surface area contributed by atoms with E-state index in [1.165, 1.54) is 96.3 Å². The van der Waals surface area contributed by atoms with E-state index in [9.17, 15) is 0 Å². The van der Waals surface area contributed by atoms with Crippen molar-refractivity contribution < 1.29 is 14.2 Å². The minimum absolute atomic E-state index is 0.0783. The molecular weight excluding hydrogens is 312 g/mol. The second-order valence-electron chi connectivity index (χ2n) is 8.07. The van der Waals surface area contributed by atoms with Crippen molar-refractivity contribution in [2.45, 2.75) is 128 Å². The molecule has 0 aromatic rings. The lowest BCUT2D eigenvalue weighted by molar-refractivity contribution is -0.198. The summed E-state index contributed by atoms with van der Waals surface area (Å²) in [4.78, 5) is 0. The molecule has 25 heavy (non-hydrogen) atoms. The summed E-state index contributed by atoms with van der Waals surface area (Å²) >= 11 is 0. The summed E-state index contributed by atoms with van der Waals surface area (Å²) in [5.41, 5.74) is 0. The molecule has 3 nitrogen and oxygen atoms in total. The number of unbranched alkanes of at least 4 members (excludes halogenated alkanes) is 14. The summed E-state index contributed by atoms with van der Waals surface area (Å²) in [6.45, 7) is 3.73. The molecule has 2 aliphatic rings. The van der Waals surface area contributed by atoms with Crippen molar-refractivity contribution in [3.05, 3.63) is 0 Å². The molecule has 0 radical (unpaired) electrons. The van der Waals surface area contributed by atoms with Gasteiger partial charge in [0.2, 0.25) is 0 Å². The van der Waals surface area contributed by atoms with Crippen molar-refractivity contribution in [3.63, 3.8) is 0 Å². The van der Waals surface area contributed by atoms with Crippen molar-refractivity contribution >= 4 is 0 Å². The van der Waals surface area contributed by atoms with Crippen LogP contribution in [0.5, 0.6) is 0 Å². The molecule has 2 fully saturated rings. The molecule has 0 amide bonds. The first kappa shape index (κ1) is 21.2. The van der Waals surface area contributed by atoms with Crippen LogP contribution in [0.25, 0.3) is 0 Å². The third-order valence-electron chi connectivity index (χ3n) is 5.66. The maximum Gasteiger partial charge on any atom is 0.184 e. The van der Waals surface area contributed by atoms with Crippen molar-refractivity contribution in [2.24, 2.45) is 0 Å². The lowest BCUT2D eigenvalue weighted by atomic mass is 10.0. The van der Waals surface area contributed by atoms with Crippen LogP contribution in [0.2, 0.25) is 0 Å². The molecule has 2 saturated heterocycles. The first-order valence-electron chi connectivity index (χ1n) is 11.3. The minimum atomic E-state index is -0.0783. The summed E-state index contributed by atoms with van der Waals surface area (Å²) in [7, 11) is 0. The van der Waals surface area contributed by atoms with Crippen molar-refractivity contribution in [2.75, 3.05) is 13.2 Å². The Bertz CT molecular complexity index is 308. The Morgan fingerprint density at radius 1 is 0.600 bits per heavy atom. The molecule has 0 aromatic heterocycles. The lowest BCUT2D eigenvalue weighted by Gasteiger charge is -2.27. The molecule has 0 aromatic carbocycles. The van der Waals surface area contributed by atoms with Crippen LogP contribution in [0, 0.1) is 0 Å². The quantitative estimate of drug-likeness (QED) is 0.301. The Morgan fingerprint density at radius 3 is 1.64 bits per heavy atom. The summed E-state index contributed by atoms with van der Waals surface area (Å²) in [6, 6.07) is 0. The predicted octanol–water partition coefficient (Wildman–Crippen LogP) is 6.39. The number of rotatable bonds is 16. The molecule has 3 atom stereocenters. The largest absolute Gasteiger partial charge is 0.370 e. The summed E-state index contributed by atoms with van der Waals surface area (Å²) in [5.74, 6) is 0. The van der Waals surface area contributed by atoms with Crippen LogP contribution in [-0.4, -0.2) is 31.7 Å². The van der Waals surface area contributed by atoms with E-state index in [1.54, 1.807) is 0 Å². The topological polar surface area (TPSA) is 27.7 Å². The van der Waals surface area contributed by atoms with Gasteiger partial charge in [-0.05, 0) is 6.42 Å². The zero-order valence-corrected chi connectivity index (χ0v) is 16.7. The third kappa shape index (κ3) is 9.40. The van der Waals surface area contributed by atoms with Crippen LogP contribution in [-0.2, 0) is 14.2 Å². The maximum absolute atomic E-state index is 5.83. The Hall–Kier alpha value is -0.120. The second-order valence-corrected chi connectivity index (χ2v) is 8.07. The monoisotopic (exact) mass is 354 g/mol. The van der Waals surface area contributed by atoms with E-state index in [0.29, 0.717) is 0 Å². The van der Waals surface area contributed by atoms with Gasteiger partial charge >= 0.3 is 0 Å². The fourth-order valence-corrected chi connectivity index (χ4v) is 4.00. The van der Waals surface area contributed by atoms with Crippen LogP contribution < -0.4 is 0 Å². The van der Waals surface area contributed by atoms with Gasteiger partial charge < -0.3 is 14.2 Å². The van der Waals surface area contributed by atoms with Crippen molar-refractivity contribution in [3.8, 4) is 0 Å². The Balaban J connectivity index is 1.26. The van der Waals surface area contributed by atoms with E-state index >= 15 is 0 Å². The van der Waals surface area contributed by atoms with Gasteiger partial charge in [-0.3, -0.25) is 0 Å². The van der Waals surface area contributed by atoms with E-state index < -0.39 is 0 Å². The fraction of sp³-hybridized carbons (Fsp3) is 1.00. The molecule has 0 N–H and O–H groups in total. The SMILES string of the molecule is CCCCCCCCCCCCCCCCCC1OCC2COC1O2. The molecule has 0 spiro atoms. The first-order valence-corrected chi connectivity index (χ1v) is 11.3. The number of hydrogen-bond acceptors (Lipinski definition) is 3. The van der Waals surface area contributed by atoms with E-state index in [0.717, 1.165) is 19.6 Å². The molecule has 0 aliphatic carbocycles. The average molecular weight is 355 g/mol. The highest BCUT2D eigenvalue weighted by Gasteiger charge is 2.38. The molecule has 2 rings (SSSR count). The van der Waals surface area contributed by atoms with Gasteiger partial charge in [-0.15, -0.1) is 0 Å². The summed E-state index contributed by atoms with van der Waals surface area (Å²) in [6.07, 6.45) is 22.6. The molecule has 2 heterocycles. The van der Waals surface area contributed by atoms with Gasteiger partial charge in [-0.25, -0.2) is 0 Å². The summed E-state index contributed by atoms with van der Waals surface area (Å²) < 4.78 is 17.2. The molecule has 0 saturated carbocycles. The second kappa shape index (κ2) is 14.0. The Labute approximate surface area is 156 Å². The van der Waals surface area contributed by atoms with E-state index in [2.05, 4.69) is 6.92 Å². The van der Waals surface area contributed by atoms with Crippen molar-refractivity contribution in [1.29, 1.82) is 0 Å². The van der Waals surface area contributed by atoms with Crippen LogP contribution in [0.3, 0.4) is 0 Å². The molecular formula is C22H42O3. The number of ether oxygens (including phenoxy) is 3. The molecule has 2 aliphatic heterocycles. The van der Waals surface area contributed by atoms with E-state index in [1.807, 2.05) is 0 Å². The zero-order valence-electron chi connectivity index (χ0n) is 16.7.